The van der Waals surface area contributed by atoms with Crippen LogP contribution in [0.5, 0.6) is 5.75 Å². The normalized spacial score (nSPS) is 10.7. The van der Waals surface area contributed by atoms with Crippen LogP contribution in [0, 0.1) is 23.7 Å². The molecular formula is C30H32NO4+. The Morgan fingerprint density at radius 3 is 1.46 bits per heavy atom. The molecule has 5 nitrogen and oxygen atoms in total. The standard InChI is InChI=1S/C30H32NO4/c1-31(2,3)16-17-35-29-14-12-25(13-15-29)9-8-23-4-6-24(7-5-23)10-11-26-18-27(20-32)30(22-34)28(19-26)21-33/h4-7,12-15,18-19,32-34H,16-17,20-22H2,1-3H3/q+1. The molecular weight excluding hydrogens is 438 g/mol. The molecule has 0 aliphatic carbocycles. The fraction of sp³-hybridized carbons (Fsp3) is 0.267. The van der Waals surface area contributed by atoms with Gasteiger partial charge >= 0.3 is 0 Å². The second kappa shape index (κ2) is 12.2. The number of hydrogen-bond donors (Lipinski definition) is 3. The molecule has 180 valence electrons. The molecule has 0 aliphatic rings. The van der Waals surface area contributed by atoms with Gasteiger partial charge in [0.2, 0.25) is 0 Å². The van der Waals surface area contributed by atoms with Gasteiger partial charge in [-0.25, -0.2) is 0 Å². The average Bonchev–Trinajstić information content (AvgIpc) is 2.86. The molecule has 0 heterocycles. The summed E-state index contributed by atoms with van der Waals surface area (Å²) in [7, 11) is 6.42. The molecule has 0 saturated carbocycles. The highest BCUT2D eigenvalue weighted by Crippen LogP contribution is 2.18. The topological polar surface area (TPSA) is 69.9 Å². The minimum absolute atomic E-state index is 0.224. The molecule has 3 aromatic rings. The zero-order valence-electron chi connectivity index (χ0n) is 20.5. The van der Waals surface area contributed by atoms with Crippen LogP contribution in [0.25, 0.3) is 0 Å². The third-order valence-corrected chi connectivity index (χ3v) is 5.41. The van der Waals surface area contributed by atoms with Crippen molar-refractivity contribution in [2.45, 2.75) is 19.8 Å². The molecule has 0 bridgehead atoms. The predicted molar refractivity (Wildman–Crippen MR) is 137 cm³/mol. The number of benzene rings is 3. The molecule has 0 spiro atoms. The summed E-state index contributed by atoms with van der Waals surface area (Å²) in [4.78, 5) is 0. The van der Waals surface area contributed by atoms with Crippen LogP contribution in [-0.2, 0) is 19.8 Å². The lowest BCUT2D eigenvalue weighted by molar-refractivity contribution is -0.870. The first-order valence-electron chi connectivity index (χ1n) is 11.5. The number of quaternary nitrogens is 1. The summed E-state index contributed by atoms with van der Waals surface area (Å²) in [6.45, 7) is 0.918. The molecule has 0 aromatic heterocycles. The lowest BCUT2D eigenvalue weighted by atomic mass is 9.98. The summed E-state index contributed by atoms with van der Waals surface area (Å²) in [6, 6.07) is 18.9. The number of hydrogen-bond acceptors (Lipinski definition) is 4. The number of nitrogens with zero attached hydrogens (tertiary/aromatic N) is 1. The van der Waals surface area contributed by atoms with Crippen LogP contribution in [0.4, 0.5) is 0 Å². The highest BCUT2D eigenvalue weighted by Gasteiger charge is 2.09. The summed E-state index contributed by atoms with van der Waals surface area (Å²) in [5.74, 6) is 13.3. The Hall–Kier alpha value is -3.58. The largest absolute Gasteiger partial charge is 0.488 e. The Bertz CT molecular complexity index is 1220. The van der Waals surface area contributed by atoms with Gasteiger partial charge in [0.05, 0.1) is 41.0 Å². The van der Waals surface area contributed by atoms with E-state index in [9.17, 15) is 15.3 Å². The van der Waals surface area contributed by atoms with Gasteiger partial charge < -0.3 is 24.5 Å². The minimum Gasteiger partial charge on any atom is -0.488 e. The van der Waals surface area contributed by atoms with Crippen LogP contribution in [0.2, 0.25) is 0 Å². The Morgan fingerprint density at radius 1 is 0.629 bits per heavy atom. The van der Waals surface area contributed by atoms with Crippen molar-refractivity contribution in [3.8, 4) is 29.4 Å². The van der Waals surface area contributed by atoms with Crippen molar-refractivity contribution < 1.29 is 24.5 Å². The van der Waals surface area contributed by atoms with E-state index in [-0.39, 0.29) is 19.8 Å². The quantitative estimate of drug-likeness (QED) is 0.367. The van der Waals surface area contributed by atoms with E-state index < -0.39 is 0 Å². The maximum atomic E-state index is 9.56. The van der Waals surface area contributed by atoms with Crippen LogP contribution in [-0.4, -0.2) is 54.1 Å². The first kappa shape index (κ1) is 26.0. The molecule has 0 aliphatic heterocycles. The second-order valence-electron chi connectivity index (χ2n) is 9.21. The van der Waals surface area contributed by atoms with Crippen molar-refractivity contribution >= 4 is 0 Å². The van der Waals surface area contributed by atoms with E-state index in [2.05, 4.69) is 44.8 Å². The zero-order chi connectivity index (χ0) is 25.3. The Labute approximate surface area is 207 Å². The van der Waals surface area contributed by atoms with E-state index in [1.807, 2.05) is 48.5 Å². The van der Waals surface area contributed by atoms with E-state index in [1.165, 1.54) is 0 Å². The second-order valence-corrected chi connectivity index (χ2v) is 9.21. The van der Waals surface area contributed by atoms with Gasteiger partial charge in [0.1, 0.15) is 18.9 Å². The Morgan fingerprint density at radius 2 is 1.06 bits per heavy atom. The molecule has 0 radical (unpaired) electrons. The molecule has 0 unspecified atom stereocenters. The Kier molecular flexibility index (Phi) is 9.09. The van der Waals surface area contributed by atoms with Crippen LogP contribution in [0.3, 0.4) is 0 Å². The van der Waals surface area contributed by atoms with Crippen LogP contribution >= 0.6 is 0 Å². The Balaban J connectivity index is 1.65. The molecule has 5 heteroatoms. The van der Waals surface area contributed by atoms with Crippen LogP contribution in [0.1, 0.15) is 38.9 Å². The molecule has 0 atom stereocenters. The highest BCUT2D eigenvalue weighted by molar-refractivity contribution is 5.50. The van der Waals surface area contributed by atoms with Crippen molar-refractivity contribution in [1.29, 1.82) is 0 Å². The first-order chi connectivity index (χ1) is 16.8. The smallest absolute Gasteiger partial charge is 0.137 e. The maximum absolute atomic E-state index is 9.56. The van der Waals surface area contributed by atoms with E-state index in [0.29, 0.717) is 28.9 Å². The van der Waals surface area contributed by atoms with Gasteiger partial charge in [-0.1, -0.05) is 23.7 Å². The summed E-state index contributed by atoms with van der Waals surface area (Å²) < 4.78 is 6.65. The van der Waals surface area contributed by atoms with Crippen LogP contribution < -0.4 is 4.74 Å². The van der Waals surface area contributed by atoms with E-state index in [1.54, 1.807) is 12.1 Å². The van der Waals surface area contributed by atoms with E-state index >= 15 is 0 Å². The van der Waals surface area contributed by atoms with Crippen molar-refractivity contribution in [3.05, 3.63) is 99.6 Å². The van der Waals surface area contributed by atoms with Crippen molar-refractivity contribution in [1.82, 2.24) is 0 Å². The van der Waals surface area contributed by atoms with Crippen molar-refractivity contribution in [2.24, 2.45) is 0 Å². The van der Waals surface area contributed by atoms with Gasteiger partial charge in [0.25, 0.3) is 0 Å². The summed E-state index contributed by atoms with van der Waals surface area (Å²) >= 11 is 0. The van der Waals surface area contributed by atoms with Crippen molar-refractivity contribution in [3.63, 3.8) is 0 Å². The fourth-order valence-electron chi connectivity index (χ4n) is 3.35. The molecule has 0 fully saturated rings. The zero-order valence-corrected chi connectivity index (χ0v) is 20.5. The third-order valence-electron chi connectivity index (χ3n) is 5.41. The van der Waals surface area contributed by atoms with Gasteiger partial charge in [-0.05, 0) is 77.4 Å². The minimum atomic E-state index is -0.239. The van der Waals surface area contributed by atoms with Gasteiger partial charge in [0, 0.05) is 22.3 Å². The van der Waals surface area contributed by atoms with Gasteiger partial charge in [-0.15, -0.1) is 0 Å². The number of likely N-dealkylation sites (N-methyl/N-ethyl adjacent to an activating group) is 1. The lowest BCUT2D eigenvalue weighted by Crippen LogP contribution is -2.38. The van der Waals surface area contributed by atoms with Crippen molar-refractivity contribution in [2.75, 3.05) is 34.3 Å². The van der Waals surface area contributed by atoms with E-state index in [0.717, 1.165) is 33.5 Å². The lowest BCUT2D eigenvalue weighted by Gasteiger charge is -2.23. The van der Waals surface area contributed by atoms with E-state index in [4.69, 9.17) is 4.74 Å². The summed E-state index contributed by atoms with van der Waals surface area (Å²) in [5.41, 5.74) is 4.98. The van der Waals surface area contributed by atoms with Crippen LogP contribution in [0.15, 0.2) is 60.7 Å². The SMILES string of the molecule is C[N+](C)(C)CCOc1ccc(C#Cc2ccc(C#Cc3cc(CO)c(CO)c(CO)c3)cc2)cc1. The fourth-order valence-corrected chi connectivity index (χ4v) is 3.35. The maximum Gasteiger partial charge on any atom is 0.137 e. The summed E-state index contributed by atoms with van der Waals surface area (Å²) in [5, 5.41) is 28.6. The third kappa shape index (κ3) is 8.00. The molecule has 3 rings (SSSR count). The van der Waals surface area contributed by atoms with Gasteiger partial charge in [-0.3, -0.25) is 0 Å². The number of rotatable bonds is 7. The summed E-state index contributed by atoms with van der Waals surface area (Å²) in [6.07, 6.45) is 0. The molecule has 3 aromatic carbocycles. The predicted octanol–water partition coefficient (Wildman–Crippen LogP) is 3.05. The number of aliphatic hydroxyl groups is 3. The molecule has 35 heavy (non-hydrogen) atoms. The molecule has 0 saturated heterocycles. The highest BCUT2D eigenvalue weighted by atomic mass is 16.5. The molecule has 3 N–H and O–H groups in total. The average molecular weight is 471 g/mol. The van der Waals surface area contributed by atoms with Gasteiger partial charge in [-0.2, -0.15) is 0 Å². The number of ether oxygens (including phenoxy) is 1. The van der Waals surface area contributed by atoms with Gasteiger partial charge in [0.15, 0.2) is 0 Å². The monoisotopic (exact) mass is 470 g/mol. The number of aliphatic hydroxyl groups excluding tert-OH is 3. The first-order valence-corrected chi connectivity index (χ1v) is 11.5. The molecule has 0 amide bonds.